The average molecular weight is 393 g/mol. The number of nitrogens with one attached hydrogen (secondary N) is 1. The van der Waals surface area contributed by atoms with Crippen LogP contribution in [-0.2, 0) is 6.42 Å². The molecular weight excluding hydrogens is 374 g/mol. The summed E-state index contributed by atoms with van der Waals surface area (Å²) in [5.41, 5.74) is 1.55. The Bertz CT molecular complexity index is 956. The van der Waals surface area contributed by atoms with Crippen molar-refractivity contribution in [3.8, 4) is 0 Å². The minimum Gasteiger partial charge on any atom is -0.349 e. The molecule has 27 heavy (non-hydrogen) atoms. The number of benzene rings is 1. The lowest BCUT2D eigenvalue weighted by atomic mass is 10.1. The van der Waals surface area contributed by atoms with Crippen LogP contribution >= 0.6 is 11.6 Å². The fraction of sp³-hybridized carbons (Fsp3) is 0.316. The van der Waals surface area contributed by atoms with Gasteiger partial charge in [0.2, 0.25) is 0 Å². The zero-order valence-corrected chi connectivity index (χ0v) is 15.7. The fourth-order valence-electron chi connectivity index (χ4n) is 2.84. The largest absolute Gasteiger partial charge is 0.349 e. The van der Waals surface area contributed by atoms with Crippen molar-refractivity contribution < 1.29 is 13.6 Å². The number of carbonyl (C=O) groups is 1. The molecule has 1 N–H and O–H groups in total. The monoisotopic (exact) mass is 392 g/mol. The molecule has 3 rings (SSSR count). The van der Waals surface area contributed by atoms with Crippen LogP contribution in [0.25, 0.3) is 5.65 Å². The van der Waals surface area contributed by atoms with Crippen LogP contribution in [0.5, 0.6) is 0 Å². The van der Waals surface area contributed by atoms with Crippen LogP contribution in [0.1, 0.15) is 47.1 Å². The van der Waals surface area contributed by atoms with Gasteiger partial charge in [-0.15, -0.1) is 0 Å². The highest BCUT2D eigenvalue weighted by Crippen LogP contribution is 2.21. The Morgan fingerprint density at radius 1 is 1.30 bits per heavy atom. The van der Waals surface area contributed by atoms with Crippen LogP contribution < -0.4 is 5.32 Å². The summed E-state index contributed by atoms with van der Waals surface area (Å²) in [5.74, 6) is -0.382. The summed E-state index contributed by atoms with van der Waals surface area (Å²) in [6, 6.07) is 8.70. The Labute approximate surface area is 160 Å². The first-order chi connectivity index (χ1) is 12.8. The zero-order chi connectivity index (χ0) is 19.6. The highest BCUT2D eigenvalue weighted by atomic mass is 35.5. The van der Waals surface area contributed by atoms with Gasteiger partial charge in [-0.1, -0.05) is 23.7 Å². The normalized spacial score (nSPS) is 12.5. The third-order valence-electron chi connectivity index (χ3n) is 4.25. The molecule has 0 radical (unpaired) electrons. The van der Waals surface area contributed by atoms with Crippen molar-refractivity contribution >= 4 is 23.2 Å². The highest BCUT2D eigenvalue weighted by molar-refractivity contribution is 6.30. The molecule has 1 amide bonds. The van der Waals surface area contributed by atoms with Crippen molar-refractivity contribution in [2.75, 3.05) is 0 Å². The molecule has 0 aliphatic rings. The van der Waals surface area contributed by atoms with Crippen molar-refractivity contribution in [3.05, 3.63) is 64.1 Å². The predicted octanol–water partition coefficient (Wildman–Crippen LogP) is 4.38. The van der Waals surface area contributed by atoms with E-state index in [1.54, 1.807) is 6.92 Å². The molecule has 2 aromatic heterocycles. The number of nitrogens with zero attached hydrogens (tertiary/aromatic N) is 3. The SMILES string of the molecule is Cc1cc(C(F)F)n2ncc(C(=O)N[C@@H](C)CCc3ccc(Cl)cc3)c2n1. The molecule has 0 saturated heterocycles. The highest BCUT2D eigenvalue weighted by Gasteiger charge is 2.21. The average Bonchev–Trinajstić information content (AvgIpc) is 3.04. The van der Waals surface area contributed by atoms with Crippen molar-refractivity contribution in [2.24, 2.45) is 0 Å². The van der Waals surface area contributed by atoms with Crippen LogP contribution in [0.15, 0.2) is 36.5 Å². The smallest absolute Gasteiger partial charge is 0.280 e. The van der Waals surface area contributed by atoms with E-state index in [1.165, 1.54) is 12.3 Å². The van der Waals surface area contributed by atoms with Gasteiger partial charge in [0.15, 0.2) is 5.65 Å². The maximum atomic E-state index is 13.2. The van der Waals surface area contributed by atoms with E-state index in [0.717, 1.165) is 22.9 Å². The van der Waals surface area contributed by atoms with Crippen LogP contribution in [0.2, 0.25) is 5.02 Å². The number of rotatable bonds is 6. The van der Waals surface area contributed by atoms with Crippen molar-refractivity contribution in [1.29, 1.82) is 0 Å². The molecule has 5 nitrogen and oxygen atoms in total. The van der Waals surface area contributed by atoms with E-state index in [9.17, 15) is 13.6 Å². The Hall–Kier alpha value is -2.54. The molecule has 1 atom stereocenters. The number of halogens is 3. The molecule has 3 aromatic rings. The van der Waals surface area contributed by atoms with Crippen molar-refractivity contribution in [3.63, 3.8) is 0 Å². The van der Waals surface area contributed by atoms with E-state index in [2.05, 4.69) is 15.4 Å². The molecule has 0 unspecified atom stereocenters. The van der Waals surface area contributed by atoms with E-state index in [0.29, 0.717) is 10.7 Å². The van der Waals surface area contributed by atoms with E-state index in [-0.39, 0.29) is 28.9 Å². The Morgan fingerprint density at radius 3 is 2.67 bits per heavy atom. The van der Waals surface area contributed by atoms with Crippen molar-refractivity contribution in [2.45, 2.75) is 39.2 Å². The van der Waals surface area contributed by atoms with Gasteiger partial charge >= 0.3 is 0 Å². The number of carbonyl (C=O) groups excluding carboxylic acids is 1. The summed E-state index contributed by atoms with van der Waals surface area (Å²) in [5, 5.41) is 7.47. The first kappa shape index (κ1) is 19.2. The summed E-state index contributed by atoms with van der Waals surface area (Å²) >= 11 is 5.87. The summed E-state index contributed by atoms with van der Waals surface area (Å²) in [4.78, 5) is 16.8. The molecular formula is C19H19ClF2N4O. The zero-order valence-electron chi connectivity index (χ0n) is 14.9. The Kier molecular flexibility index (Phi) is 5.70. The number of fused-ring (bicyclic) bond motifs is 1. The van der Waals surface area contributed by atoms with Gasteiger partial charge in [0, 0.05) is 16.8 Å². The number of hydrogen-bond donors (Lipinski definition) is 1. The van der Waals surface area contributed by atoms with Gasteiger partial charge in [0.05, 0.1) is 6.20 Å². The lowest BCUT2D eigenvalue weighted by Gasteiger charge is -2.13. The lowest BCUT2D eigenvalue weighted by molar-refractivity contribution is 0.0939. The van der Waals surface area contributed by atoms with Gasteiger partial charge in [-0.3, -0.25) is 4.79 Å². The Balaban J connectivity index is 1.71. The molecule has 0 aliphatic carbocycles. The number of amides is 1. The molecule has 1 aromatic carbocycles. The van der Waals surface area contributed by atoms with E-state index in [4.69, 9.17) is 11.6 Å². The van der Waals surface area contributed by atoms with Crippen molar-refractivity contribution in [1.82, 2.24) is 19.9 Å². The quantitative estimate of drug-likeness (QED) is 0.677. The lowest BCUT2D eigenvalue weighted by Crippen LogP contribution is -2.33. The third kappa shape index (κ3) is 4.42. The van der Waals surface area contributed by atoms with Gasteiger partial charge in [-0.05, 0) is 50.5 Å². The standard InChI is InChI=1S/C19H19ClF2N4O/c1-11(3-4-13-5-7-14(20)8-6-13)25-19(27)15-10-23-26-16(17(21)22)9-12(2)24-18(15)26/h5-11,17H,3-4H2,1-2H3,(H,25,27)/t11-/m0/s1. The number of alkyl halides is 2. The van der Waals surface area contributed by atoms with E-state index >= 15 is 0 Å². The first-order valence-electron chi connectivity index (χ1n) is 8.54. The third-order valence-corrected chi connectivity index (χ3v) is 4.50. The summed E-state index contributed by atoms with van der Waals surface area (Å²) < 4.78 is 27.4. The van der Waals surface area contributed by atoms with Crippen LogP contribution in [0, 0.1) is 6.92 Å². The second-order valence-corrected chi connectivity index (χ2v) is 6.89. The first-order valence-corrected chi connectivity index (χ1v) is 8.91. The van der Waals surface area contributed by atoms with Crippen LogP contribution in [0.3, 0.4) is 0 Å². The number of hydrogen-bond acceptors (Lipinski definition) is 3. The Morgan fingerprint density at radius 2 is 2.00 bits per heavy atom. The maximum absolute atomic E-state index is 13.2. The summed E-state index contributed by atoms with van der Waals surface area (Å²) in [6.45, 7) is 3.50. The predicted molar refractivity (Wildman–Crippen MR) is 99.4 cm³/mol. The molecule has 0 aliphatic heterocycles. The molecule has 8 heteroatoms. The molecule has 0 saturated carbocycles. The van der Waals surface area contributed by atoms with E-state index in [1.807, 2.05) is 31.2 Å². The number of aryl methyl sites for hydroxylation is 2. The van der Waals surface area contributed by atoms with Crippen LogP contribution in [-0.4, -0.2) is 26.5 Å². The molecule has 0 bridgehead atoms. The van der Waals surface area contributed by atoms with Gasteiger partial charge < -0.3 is 5.32 Å². The minimum atomic E-state index is -2.71. The van der Waals surface area contributed by atoms with E-state index < -0.39 is 6.43 Å². The molecule has 2 heterocycles. The second kappa shape index (κ2) is 8.00. The molecule has 142 valence electrons. The number of aromatic nitrogens is 3. The summed E-state index contributed by atoms with van der Waals surface area (Å²) in [7, 11) is 0. The van der Waals surface area contributed by atoms with Gasteiger partial charge in [0.1, 0.15) is 11.3 Å². The summed E-state index contributed by atoms with van der Waals surface area (Å²) in [6.07, 6.45) is 0.0690. The molecule has 0 spiro atoms. The molecule has 0 fully saturated rings. The minimum absolute atomic E-state index is 0.109. The van der Waals surface area contributed by atoms with Gasteiger partial charge in [0.25, 0.3) is 12.3 Å². The topological polar surface area (TPSA) is 59.3 Å². The maximum Gasteiger partial charge on any atom is 0.280 e. The van der Waals surface area contributed by atoms with Crippen LogP contribution in [0.4, 0.5) is 8.78 Å². The van der Waals surface area contributed by atoms with Gasteiger partial charge in [-0.2, -0.15) is 5.10 Å². The van der Waals surface area contributed by atoms with Gasteiger partial charge in [-0.25, -0.2) is 18.3 Å². The fourth-order valence-corrected chi connectivity index (χ4v) is 2.96. The second-order valence-electron chi connectivity index (χ2n) is 6.46.